The van der Waals surface area contributed by atoms with Gasteiger partial charge in [0.2, 0.25) is 23.6 Å². The van der Waals surface area contributed by atoms with Crippen LogP contribution in [0.25, 0.3) is 0 Å². The number of rotatable bonds is 18. The van der Waals surface area contributed by atoms with E-state index in [1.54, 1.807) is 30.3 Å². The van der Waals surface area contributed by atoms with E-state index in [0.717, 1.165) is 11.7 Å². The molecule has 0 saturated carbocycles. The van der Waals surface area contributed by atoms with E-state index in [-0.39, 0.29) is 44.8 Å². The van der Waals surface area contributed by atoms with Gasteiger partial charge in [0.05, 0.1) is 7.11 Å². The average molecular weight is 694 g/mol. The molecule has 4 atom stereocenters. The molecule has 1 aromatic carbocycles. The Bertz CT molecular complexity index is 1420. The van der Waals surface area contributed by atoms with Crippen LogP contribution in [0.15, 0.2) is 41.8 Å². The highest BCUT2D eigenvalue weighted by atomic mass is 32.2. The molecule has 0 aliphatic carbocycles. The summed E-state index contributed by atoms with van der Waals surface area (Å²) < 4.78 is 33.1. The number of ether oxygens (including phenoxy) is 2. The van der Waals surface area contributed by atoms with E-state index in [9.17, 15) is 37.2 Å². The lowest BCUT2D eigenvalue weighted by Gasteiger charge is -2.30. The second-order valence-corrected chi connectivity index (χ2v) is 13.9. The van der Waals surface area contributed by atoms with Crippen molar-refractivity contribution >= 4 is 45.5 Å². The highest BCUT2D eigenvalue weighted by Gasteiger charge is 2.39. The number of nitrogens with zero attached hydrogens (tertiary/aromatic N) is 1. The summed E-state index contributed by atoms with van der Waals surface area (Å²) in [4.78, 5) is 78.6. The van der Waals surface area contributed by atoms with Gasteiger partial charge in [-0.25, -0.2) is 18.0 Å². The molecule has 48 heavy (non-hydrogen) atoms. The first kappa shape index (κ1) is 39.7. The minimum absolute atomic E-state index is 0.0585. The molecule has 0 aromatic heterocycles. The number of nitrogens with one attached hydrogen (secondary N) is 3. The number of nitrogens with two attached hydrogens (primary N) is 1. The second-order valence-electron chi connectivity index (χ2n) is 12.0. The Morgan fingerprint density at radius 1 is 1.00 bits per heavy atom. The zero-order chi connectivity index (χ0) is 35.9. The number of hydrogen-bond acceptors (Lipinski definition) is 10. The van der Waals surface area contributed by atoms with Crippen molar-refractivity contribution in [3.05, 3.63) is 47.4 Å². The summed E-state index contributed by atoms with van der Waals surface area (Å²) in [7, 11) is -2.22. The number of alkyl carbamates (subject to hydrolysis) is 1. The molecular weight excluding hydrogens is 646 g/mol. The van der Waals surface area contributed by atoms with E-state index < -0.39 is 69.7 Å². The highest BCUT2D eigenvalue weighted by molar-refractivity contribution is 7.93. The molecule has 0 spiro atoms. The van der Waals surface area contributed by atoms with Crippen molar-refractivity contribution in [1.82, 2.24) is 20.9 Å². The lowest BCUT2D eigenvalue weighted by atomic mass is 10.0. The van der Waals surface area contributed by atoms with Crippen molar-refractivity contribution in [1.29, 1.82) is 0 Å². The van der Waals surface area contributed by atoms with Gasteiger partial charge in [-0.05, 0) is 50.0 Å². The summed E-state index contributed by atoms with van der Waals surface area (Å²) in [5.74, 6) is -3.30. The second kappa shape index (κ2) is 19.4. The van der Waals surface area contributed by atoms with Crippen molar-refractivity contribution in [3.63, 3.8) is 0 Å². The summed E-state index contributed by atoms with van der Waals surface area (Å²) in [5, 5.41) is 8.70. The molecule has 1 saturated heterocycles. The molecule has 0 unspecified atom stereocenters. The molecule has 1 aliphatic rings. The van der Waals surface area contributed by atoms with Gasteiger partial charge in [-0.3, -0.25) is 19.2 Å². The van der Waals surface area contributed by atoms with E-state index in [1.165, 1.54) is 18.1 Å². The highest BCUT2D eigenvalue weighted by Crippen LogP contribution is 2.21. The summed E-state index contributed by atoms with van der Waals surface area (Å²) >= 11 is 0. The third-order valence-corrected chi connectivity index (χ3v) is 8.12. The van der Waals surface area contributed by atoms with Gasteiger partial charge in [0.25, 0.3) is 0 Å². The maximum atomic E-state index is 13.8. The summed E-state index contributed by atoms with van der Waals surface area (Å²) in [6.45, 7) is 3.86. The zero-order valence-corrected chi connectivity index (χ0v) is 28.6. The maximum absolute atomic E-state index is 13.8. The first-order valence-electron chi connectivity index (χ1n) is 15.7. The fourth-order valence-electron chi connectivity index (χ4n) is 5.10. The third-order valence-electron chi connectivity index (χ3n) is 7.43. The van der Waals surface area contributed by atoms with Crippen molar-refractivity contribution in [3.8, 4) is 0 Å². The largest absolute Gasteiger partial charge is 0.467 e. The standard InChI is InChI=1S/C32H47N5O10S/c1-21(2)19-25(31(42)46-3)35-29(40)26-14-10-17-37(26)30(41)24(15-16-27(33)38)34-28(39)23(13-8-9-18-48(4,44)45)36-32(43)47-20-22-11-6-5-7-12-22/h5-7,9,11-12,18,21,23-26H,8,10,13-17,19-20H2,1-4H3,(H2,33,38)(H,34,39)(H,35,40)(H,36,43)/b18-9+/t23-,24-,25-,26-/m1/s1. The minimum atomic E-state index is -3.44. The van der Waals surface area contributed by atoms with E-state index >= 15 is 0 Å². The first-order chi connectivity index (χ1) is 22.6. The number of allylic oxidation sites excluding steroid dienone is 1. The minimum Gasteiger partial charge on any atom is -0.467 e. The van der Waals surface area contributed by atoms with Crippen LogP contribution in [0.2, 0.25) is 0 Å². The number of esters is 1. The topological polar surface area (TPSA) is 220 Å². The molecule has 15 nitrogen and oxygen atoms in total. The van der Waals surface area contributed by atoms with Crippen LogP contribution in [-0.4, -0.2) is 93.1 Å². The van der Waals surface area contributed by atoms with Gasteiger partial charge in [-0.15, -0.1) is 0 Å². The van der Waals surface area contributed by atoms with Crippen LogP contribution in [0, 0.1) is 5.92 Å². The lowest BCUT2D eigenvalue weighted by molar-refractivity contribution is -0.147. The fourth-order valence-corrected chi connectivity index (χ4v) is 5.58. The number of amides is 5. The van der Waals surface area contributed by atoms with Crippen LogP contribution >= 0.6 is 0 Å². The molecule has 0 radical (unpaired) electrons. The molecule has 1 aromatic rings. The van der Waals surface area contributed by atoms with Crippen molar-refractivity contribution < 1.29 is 46.7 Å². The molecule has 1 aliphatic heterocycles. The number of likely N-dealkylation sites (tertiary alicyclic amines) is 1. The van der Waals surface area contributed by atoms with Gasteiger partial charge in [-0.1, -0.05) is 50.3 Å². The Morgan fingerprint density at radius 2 is 1.69 bits per heavy atom. The van der Waals surface area contributed by atoms with E-state index in [4.69, 9.17) is 15.2 Å². The monoisotopic (exact) mass is 693 g/mol. The Balaban J connectivity index is 2.24. The maximum Gasteiger partial charge on any atom is 0.408 e. The predicted octanol–water partition coefficient (Wildman–Crippen LogP) is 1.07. The summed E-state index contributed by atoms with van der Waals surface area (Å²) in [6.07, 6.45) is 2.04. The van der Waals surface area contributed by atoms with E-state index in [1.807, 2.05) is 13.8 Å². The quantitative estimate of drug-likeness (QED) is 0.160. The van der Waals surface area contributed by atoms with Gasteiger partial charge in [0.15, 0.2) is 9.84 Å². The van der Waals surface area contributed by atoms with E-state index in [2.05, 4.69) is 16.0 Å². The van der Waals surface area contributed by atoms with Crippen LogP contribution in [0.5, 0.6) is 0 Å². The average Bonchev–Trinajstić information content (AvgIpc) is 3.52. The smallest absolute Gasteiger partial charge is 0.408 e. The summed E-state index contributed by atoms with van der Waals surface area (Å²) in [5.41, 5.74) is 6.05. The number of carbonyl (C=O) groups is 6. The first-order valence-corrected chi connectivity index (χ1v) is 17.7. The predicted molar refractivity (Wildman–Crippen MR) is 175 cm³/mol. The number of carbonyl (C=O) groups excluding carboxylic acids is 6. The Morgan fingerprint density at radius 3 is 2.29 bits per heavy atom. The molecule has 266 valence electrons. The molecule has 16 heteroatoms. The molecule has 0 bridgehead atoms. The third kappa shape index (κ3) is 14.1. The number of sulfone groups is 1. The van der Waals surface area contributed by atoms with E-state index in [0.29, 0.717) is 24.8 Å². The van der Waals surface area contributed by atoms with Gasteiger partial charge < -0.3 is 36.1 Å². The molecule has 1 heterocycles. The van der Waals surface area contributed by atoms with Gasteiger partial charge in [-0.2, -0.15) is 0 Å². The molecular formula is C32H47N5O10S. The Kier molecular flexibility index (Phi) is 16.0. The molecule has 1 fully saturated rings. The number of benzene rings is 1. The normalized spacial score (nSPS) is 16.5. The van der Waals surface area contributed by atoms with Crippen LogP contribution in [0.3, 0.4) is 0 Å². The molecule has 5 amide bonds. The summed E-state index contributed by atoms with van der Waals surface area (Å²) in [6, 6.07) is 4.37. The Hall–Kier alpha value is -4.47. The number of methoxy groups -OCH3 is 1. The van der Waals surface area contributed by atoms with Gasteiger partial charge in [0, 0.05) is 24.6 Å². The fraction of sp³-hybridized carbons (Fsp3) is 0.562. The zero-order valence-electron chi connectivity index (χ0n) is 27.8. The van der Waals surface area contributed by atoms with Crippen molar-refractivity contribution in [2.24, 2.45) is 11.7 Å². The van der Waals surface area contributed by atoms with Crippen LogP contribution < -0.4 is 21.7 Å². The molecule has 2 rings (SSSR count). The molecule has 5 N–H and O–H groups in total. The van der Waals surface area contributed by atoms with Crippen LogP contribution in [-0.2, 0) is 49.9 Å². The Labute approximate surface area is 281 Å². The van der Waals surface area contributed by atoms with Gasteiger partial charge >= 0.3 is 12.1 Å². The SMILES string of the molecule is COC(=O)[C@@H](CC(C)C)NC(=O)[C@H]1CCCN1C(=O)[C@@H](CCC(N)=O)NC(=O)[C@@H](CC/C=C/S(C)(=O)=O)NC(=O)OCc1ccccc1. The van der Waals surface area contributed by atoms with Crippen LogP contribution in [0.1, 0.15) is 64.4 Å². The van der Waals surface area contributed by atoms with Gasteiger partial charge in [0.1, 0.15) is 30.8 Å². The van der Waals surface area contributed by atoms with Crippen molar-refractivity contribution in [2.75, 3.05) is 19.9 Å². The number of primary amides is 1. The van der Waals surface area contributed by atoms with Crippen LogP contribution in [0.4, 0.5) is 4.79 Å². The number of hydrogen-bond donors (Lipinski definition) is 4. The lowest BCUT2D eigenvalue weighted by Crippen LogP contribution is -2.57. The van der Waals surface area contributed by atoms with Crippen molar-refractivity contribution in [2.45, 2.75) is 89.6 Å².